The molecular weight excluding hydrogens is 230 g/mol. The summed E-state index contributed by atoms with van der Waals surface area (Å²) in [6, 6.07) is -0.875. The van der Waals surface area contributed by atoms with E-state index >= 15 is 0 Å². The van der Waals surface area contributed by atoms with Crippen LogP contribution in [-0.4, -0.2) is 45.2 Å². The Morgan fingerprint density at radius 2 is 2.00 bits per heavy atom. The third kappa shape index (κ3) is 6.68. The highest BCUT2D eigenvalue weighted by Crippen LogP contribution is 2.28. The van der Waals surface area contributed by atoms with E-state index < -0.39 is 12.0 Å². The summed E-state index contributed by atoms with van der Waals surface area (Å²) in [6.07, 6.45) is 0.587. The van der Waals surface area contributed by atoms with E-state index in [9.17, 15) is 9.59 Å². The molecule has 0 spiro atoms. The van der Waals surface area contributed by atoms with Gasteiger partial charge in [0.15, 0.2) is 0 Å². The fourth-order valence-electron chi connectivity index (χ4n) is 1.07. The van der Waals surface area contributed by atoms with Crippen molar-refractivity contribution in [3.05, 3.63) is 0 Å². The number of hydrogen-bond acceptors (Lipinski definition) is 4. The lowest BCUT2D eigenvalue weighted by Crippen LogP contribution is -2.42. The number of hydrogen-bond donors (Lipinski definition) is 3. The molecule has 0 fully saturated rings. The predicted octanol–water partition coefficient (Wildman–Crippen LogP) is 0.470. The predicted molar refractivity (Wildman–Crippen MR) is 63.5 cm³/mol. The number of carboxylic acid groups (broad SMARTS) is 1. The van der Waals surface area contributed by atoms with Gasteiger partial charge in [-0.1, -0.05) is 13.8 Å². The van der Waals surface area contributed by atoms with Crippen LogP contribution in [0.5, 0.6) is 0 Å². The van der Waals surface area contributed by atoms with Crippen molar-refractivity contribution in [3.63, 3.8) is 0 Å². The summed E-state index contributed by atoms with van der Waals surface area (Å²) < 4.78 is -0.194. The molecule has 3 N–H and O–H groups in total. The number of carbonyl (C=O) groups is 2. The van der Waals surface area contributed by atoms with Gasteiger partial charge in [-0.3, -0.25) is 4.79 Å². The first-order valence-electron chi connectivity index (χ1n) is 5.03. The molecule has 0 heterocycles. The Kier molecular flexibility index (Phi) is 6.43. The highest BCUT2D eigenvalue weighted by molar-refractivity contribution is 8.00. The summed E-state index contributed by atoms with van der Waals surface area (Å²) in [5, 5.41) is 20.1. The van der Waals surface area contributed by atoms with Crippen LogP contribution in [0.25, 0.3) is 0 Å². The van der Waals surface area contributed by atoms with Gasteiger partial charge in [0.05, 0.1) is 0 Å². The van der Waals surface area contributed by atoms with Crippen molar-refractivity contribution in [1.82, 2.24) is 5.32 Å². The lowest BCUT2D eigenvalue weighted by atomic mass is 10.1. The zero-order chi connectivity index (χ0) is 12.8. The van der Waals surface area contributed by atoms with E-state index in [4.69, 9.17) is 10.2 Å². The Morgan fingerprint density at radius 3 is 2.38 bits per heavy atom. The van der Waals surface area contributed by atoms with Crippen LogP contribution >= 0.6 is 11.8 Å². The molecule has 6 heteroatoms. The van der Waals surface area contributed by atoms with Crippen molar-refractivity contribution in [1.29, 1.82) is 0 Å². The van der Waals surface area contributed by atoms with Crippen LogP contribution in [-0.2, 0) is 9.59 Å². The topological polar surface area (TPSA) is 86.6 Å². The molecule has 0 saturated carbocycles. The number of nitrogens with one attached hydrogen (secondary N) is 1. The highest BCUT2D eigenvalue weighted by Gasteiger charge is 2.24. The molecule has 0 bridgehead atoms. The fourth-order valence-corrected chi connectivity index (χ4v) is 2.15. The van der Waals surface area contributed by atoms with Crippen LogP contribution in [0, 0.1) is 0 Å². The molecule has 0 aromatic heterocycles. The van der Waals surface area contributed by atoms with Gasteiger partial charge in [-0.2, -0.15) is 11.8 Å². The lowest BCUT2D eigenvalue weighted by Gasteiger charge is -2.24. The molecule has 1 atom stereocenters. The minimum atomic E-state index is -1.04. The first-order valence-corrected chi connectivity index (χ1v) is 6.02. The molecule has 0 saturated heterocycles. The Labute approximate surface area is 99.6 Å². The maximum absolute atomic E-state index is 10.8. The number of aliphatic carboxylic acids is 1. The second-order valence-corrected chi connectivity index (χ2v) is 5.86. The molecule has 94 valence electrons. The molecule has 0 aromatic carbocycles. The molecule has 0 aliphatic rings. The smallest absolute Gasteiger partial charge is 0.327 e. The summed E-state index contributed by atoms with van der Waals surface area (Å²) >= 11 is 1.43. The number of aliphatic hydroxyl groups excluding tert-OH is 1. The molecule has 0 aliphatic carbocycles. The van der Waals surface area contributed by atoms with E-state index in [0.29, 0.717) is 12.2 Å². The number of rotatable bonds is 7. The minimum absolute atomic E-state index is 0.0673. The zero-order valence-corrected chi connectivity index (χ0v) is 10.6. The van der Waals surface area contributed by atoms with Gasteiger partial charge in [0.2, 0.25) is 5.91 Å². The average Bonchev–Trinajstić information content (AvgIpc) is 2.11. The molecule has 0 rings (SSSR count). The van der Waals surface area contributed by atoms with Crippen molar-refractivity contribution in [2.75, 3.05) is 12.4 Å². The van der Waals surface area contributed by atoms with E-state index in [0.717, 1.165) is 0 Å². The van der Waals surface area contributed by atoms with Crippen LogP contribution < -0.4 is 5.32 Å². The van der Waals surface area contributed by atoms with Gasteiger partial charge in [-0.15, -0.1) is 0 Å². The Balaban J connectivity index is 4.21. The first-order chi connectivity index (χ1) is 7.28. The first kappa shape index (κ1) is 15.2. The summed E-state index contributed by atoms with van der Waals surface area (Å²) in [5.74, 6) is -1.10. The number of carboxylic acids is 1. The third-order valence-corrected chi connectivity index (χ3v) is 3.52. The Morgan fingerprint density at radius 1 is 1.44 bits per heavy atom. The van der Waals surface area contributed by atoms with Gasteiger partial charge in [0.25, 0.3) is 0 Å². The molecule has 0 unspecified atom stereocenters. The largest absolute Gasteiger partial charge is 0.480 e. The number of aliphatic hydroxyl groups is 1. The normalized spacial score (nSPS) is 13.2. The zero-order valence-electron chi connectivity index (χ0n) is 9.82. The molecule has 5 nitrogen and oxygen atoms in total. The van der Waals surface area contributed by atoms with Crippen LogP contribution in [0.15, 0.2) is 0 Å². The maximum Gasteiger partial charge on any atom is 0.327 e. The molecule has 0 aromatic rings. The van der Waals surface area contributed by atoms with E-state index in [-0.39, 0.29) is 17.3 Å². The van der Waals surface area contributed by atoms with E-state index in [1.165, 1.54) is 18.7 Å². The maximum atomic E-state index is 10.8. The number of thioether (sulfide) groups is 1. The van der Waals surface area contributed by atoms with E-state index in [2.05, 4.69) is 5.32 Å². The Hall–Kier alpha value is -0.750. The fraction of sp³-hybridized carbons (Fsp3) is 0.800. The van der Waals surface area contributed by atoms with Crippen LogP contribution in [0.1, 0.15) is 27.2 Å². The molecule has 16 heavy (non-hydrogen) atoms. The Bertz CT molecular complexity index is 255. The van der Waals surface area contributed by atoms with Crippen molar-refractivity contribution in [2.24, 2.45) is 0 Å². The third-order valence-electron chi connectivity index (χ3n) is 2.03. The summed E-state index contributed by atoms with van der Waals surface area (Å²) in [5.41, 5.74) is 0. The van der Waals surface area contributed by atoms with Crippen molar-refractivity contribution < 1.29 is 19.8 Å². The van der Waals surface area contributed by atoms with Crippen LogP contribution in [0.4, 0.5) is 0 Å². The molecule has 1 amide bonds. The molecule has 0 aliphatic heterocycles. The minimum Gasteiger partial charge on any atom is -0.480 e. The summed E-state index contributed by atoms with van der Waals surface area (Å²) in [7, 11) is 0. The lowest BCUT2D eigenvalue weighted by molar-refractivity contribution is -0.140. The van der Waals surface area contributed by atoms with Crippen LogP contribution in [0.2, 0.25) is 0 Å². The number of carbonyl (C=O) groups excluding carboxylic acids is 1. The highest BCUT2D eigenvalue weighted by atomic mass is 32.2. The second-order valence-electron chi connectivity index (χ2n) is 4.14. The van der Waals surface area contributed by atoms with Gasteiger partial charge in [-0.05, 0) is 6.42 Å². The van der Waals surface area contributed by atoms with Crippen LogP contribution in [0.3, 0.4) is 0 Å². The van der Waals surface area contributed by atoms with Crippen molar-refractivity contribution >= 4 is 23.6 Å². The van der Waals surface area contributed by atoms with E-state index in [1.54, 1.807) is 0 Å². The van der Waals surface area contributed by atoms with Gasteiger partial charge < -0.3 is 15.5 Å². The summed E-state index contributed by atoms with van der Waals surface area (Å²) in [6.45, 7) is 5.22. The average molecular weight is 249 g/mol. The summed E-state index contributed by atoms with van der Waals surface area (Å²) in [4.78, 5) is 21.6. The van der Waals surface area contributed by atoms with Gasteiger partial charge in [0.1, 0.15) is 6.04 Å². The number of amides is 1. The SMILES string of the molecule is CC(=O)N[C@@H](CSC(C)(C)CCO)C(=O)O. The van der Waals surface area contributed by atoms with E-state index in [1.807, 2.05) is 13.8 Å². The van der Waals surface area contributed by atoms with Gasteiger partial charge >= 0.3 is 5.97 Å². The van der Waals surface area contributed by atoms with Crippen molar-refractivity contribution in [3.8, 4) is 0 Å². The van der Waals surface area contributed by atoms with Gasteiger partial charge in [0, 0.05) is 24.0 Å². The monoisotopic (exact) mass is 249 g/mol. The van der Waals surface area contributed by atoms with Crippen molar-refractivity contribution in [2.45, 2.75) is 38.0 Å². The molecular formula is C10H19NO4S. The van der Waals surface area contributed by atoms with Gasteiger partial charge in [-0.25, -0.2) is 4.79 Å². The molecule has 0 radical (unpaired) electrons. The second kappa shape index (κ2) is 6.75. The standard InChI is InChI=1S/C10H19NO4S/c1-7(13)11-8(9(14)15)6-16-10(2,3)4-5-12/h8,12H,4-6H2,1-3H3,(H,11,13)(H,14,15)/t8-/m0/s1. The quantitative estimate of drug-likeness (QED) is 0.610.